The van der Waals surface area contributed by atoms with Crippen molar-refractivity contribution >= 4 is 34.2 Å². The molecule has 0 aliphatic heterocycles. The fourth-order valence-electron chi connectivity index (χ4n) is 2.89. The van der Waals surface area contributed by atoms with Gasteiger partial charge in [0.2, 0.25) is 5.91 Å². The average molecular weight is 371 g/mol. The highest BCUT2D eigenvalue weighted by Gasteiger charge is 2.10. The molecule has 0 radical (unpaired) electrons. The normalized spacial score (nSPS) is 11.1. The maximum Gasteiger partial charge on any atom is 0.336 e. The molecule has 134 valence electrons. The van der Waals surface area contributed by atoms with Crippen molar-refractivity contribution in [2.45, 2.75) is 20.0 Å². The van der Waals surface area contributed by atoms with E-state index in [9.17, 15) is 9.59 Å². The number of carbonyl (C=O) groups excluding carboxylic acids is 1. The van der Waals surface area contributed by atoms with E-state index >= 15 is 0 Å². The zero-order valence-electron chi connectivity index (χ0n) is 14.6. The zero-order chi connectivity index (χ0) is 18.7. The van der Waals surface area contributed by atoms with Crippen LogP contribution in [0.5, 0.6) is 0 Å². The fourth-order valence-corrected chi connectivity index (χ4v) is 3.02. The van der Waals surface area contributed by atoms with Crippen LogP contribution in [0.15, 0.2) is 57.7 Å². The molecule has 0 saturated carbocycles. The number of benzene rings is 2. The van der Waals surface area contributed by atoms with Gasteiger partial charge in [-0.3, -0.25) is 9.69 Å². The molecule has 0 fully saturated rings. The Kier molecular flexibility index (Phi) is 5.40. The van der Waals surface area contributed by atoms with Crippen LogP contribution in [-0.4, -0.2) is 17.9 Å². The van der Waals surface area contributed by atoms with Gasteiger partial charge in [0.05, 0.1) is 0 Å². The number of fused-ring (bicyclic) bond motifs is 1. The van der Waals surface area contributed by atoms with Crippen LogP contribution in [0.4, 0.5) is 5.69 Å². The van der Waals surface area contributed by atoms with Gasteiger partial charge in [0.25, 0.3) is 0 Å². The quantitative estimate of drug-likeness (QED) is 0.688. The van der Waals surface area contributed by atoms with E-state index in [0.29, 0.717) is 22.8 Å². The molecule has 1 N–H and O–H groups in total. The second-order valence-corrected chi connectivity index (χ2v) is 6.72. The molecule has 1 heterocycles. The lowest BCUT2D eigenvalue weighted by molar-refractivity contribution is -0.114. The molecule has 0 unspecified atom stereocenters. The third-order valence-corrected chi connectivity index (χ3v) is 4.21. The van der Waals surface area contributed by atoms with Crippen LogP contribution in [0.1, 0.15) is 18.1 Å². The summed E-state index contributed by atoms with van der Waals surface area (Å²) in [4.78, 5) is 25.2. The Morgan fingerprint density at radius 1 is 1.12 bits per heavy atom. The van der Waals surface area contributed by atoms with E-state index in [4.69, 9.17) is 16.0 Å². The molecule has 0 aliphatic carbocycles. The molecule has 1 aromatic heterocycles. The number of nitrogens with one attached hydrogen (secondary N) is 1. The third-order valence-electron chi connectivity index (χ3n) is 3.96. The maximum absolute atomic E-state index is 11.9. The Morgan fingerprint density at radius 3 is 2.54 bits per heavy atom. The van der Waals surface area contributed by atoms with Crippen LogP contribution in [0.25, 0.3) is 11.0 Å². The molecule has 0 spiro atoms. The second kappa shape index (κ2) is 7.72. The summed E-state index contributed by atoms with van der Waals surface area (Å²) < 4.78 is 5.30. The smallest absolute Gasteiger partial charge is 0.336 e. The zero-order valence-corrected chi connectivity index (χ0v) is 15.3. The average Bonchev–Trinajstić information content (AvgIpc) is 2.56. The summed E-state index contributed by atoms with van der Waals surface area (Å²) in [6.07, 6.45) is 0. The van der Waals surface area contributed by atoms with Gasteiger partial charge in [0, 0.05) is 48.2 Å². The Bertz CT molecular complexity index is 996. The number of rotatable bonds is 5. The van der Waals surface area contributed by atoms with Crippen molar-refractivity contribution in [3.8, 4) is 0 Å². The standard InChI is InChI=1S/C20H19ClN2O3/c1-13(24)22-17-7-8-18-15(9-20(25)26-19(18)10-17)12-23(2)11-14-3-5-16(21)6-4-14/h3-10H,11-12H2,1-2H3,(H,22,24). The highest BCUT2D eigenvalue weighted by atomic mass is 35.5. The molecular weight excluding hydrogens is 352 g/mol. The van der Waals surface area contributed by atoms with Crippen LogP contribution in [0.2, 0.25) is 5.02 Å². The van der Waals surface area contributed by atoms with Crippen molar-refractivity contribution < 1.29 is 9.21 Å². The maximum atomic E-state index is 11.9. The van der Waals surface area contributed by atoms with Gasteiger partial charge in [-0.15, -0.1) is 0 Å². The number of carbonyl (C=O) groups is 1. The van der Waals surface area contributed by atoms with Crippen LogP contribution < -0.4 is 10.9 Å². The SMILES string of the molecule is CC(=O)Nc1ccc2c(CN(C)Cc3ccc(Cl)cc3)cc(=O)oc2c1. The molecule has 26 heavy (non-hydrogen) atoms. The Hall–Kier alpha value is -2.63. The second-order valence-electron chi connectivity index (χ2n) is 6.28. The first-order chi connectivity index (χ1) is 12.4. The van der Waals surface area contributed by atoms with E-state index in [1.54, 1.807) is 12.1 Å². The van der Waals surface area contributed by atoms with Crippen molar-refractivity contribution in [3.63, 3.8) is 0 Å². The van der Waals surface area contributed by atoms with Crippen molar-refractivity contribution in [3.05, 3.63) is 75.1 Å². The minimum absolute atomic E-state index is 0.175. The van der Waals surface area contributed by atoms with Crippen molar-refractivity contribution in [2.24, 2.45) is 0 Å². The predicted molar refractivity (Wildman–Crippen MR) is 103 cm³/mol. The van der Waals surface area contributed by atoms with Gasteiger partial charge in [-0.2, -0.15) is 0 Å². The fraction of sp³-hybridized carbons (Fsp3) is 0.200. The largest absolute Gasteiger partial charge is 0.423 e. The van der Waals surface area contributed by atoms with Gasteiger partial charge in [0.1, 0.15) is 5.58 Å². The lowest BCUT2D eigenvalue weighted by atomic mass is 10.1. The summed E-state index contributed by atoms with van der Waals surface area (Å²) in [6, 6.07) is 14.5. The predicted octanol–water partition coefficient (Wildman–Crippen LogP) is 4.04. The molecule has 0 saturated heterocycles. The van der Waals surface area contributed by atoms with Crippen molar-refractivity contribution in [1.29, 1.82) is 0 Å². The summed E-state index contributed by atoms with van der Waals surface area (Å²) in [5.74, 6) is -0.175. The summed E-state index contributed by atoms with van der Waals surface area (Å²) >= 11 is 5.92. The summed E-state index contributed by atoms with van der Waals surface area (Å²) in [5.41, 5.74) is 2.66. The lowest BCUT2D eigenvalue weighted by Gasteiger charge is -2.18. The highest BCUT2D eigenvalue weighted by Crippen LogP contribution is 2.23. The molecule has 1 amide bonds. The number of nitrogens with zero attached hydrogens (tertiary/aromatic N) is 1. The lowest BCUT2D eigenvalue weighted by Crippen LogP contribution is -2.18. The summed E-state index contributed by atoms with van der Waals surface area (Å²) in [5, 5.41) is 4.25. The number of hydrogen-bond donors (Lipinski definition) is 1. The van der Waals surface area contributed by atoms with Crippen LogP contribution >= 0.6 is 11.6 Å². The molecule has 6 heteroatoms. The van der Waals surface area contributed by atoms with Crippen LogP contribution in [0, 0.1) is 0 Å². The van der Waals surface area contributed by atoms with E-state index in [2.05, 4.69) is 10.2 Å². The van der Waals surface area contributed by atoms with Crippen LogP contribution in [0.3, 0.4) is 0 Å². The molecule has 0 atom stereocenters. The Morgan fingerprint density at radius 2 is 1.85 bits per heavy atom. The molecule has 3 aromatic rings. The van der Waals surface area contributed by atoms with Gasteiger partial charge in [-0.1, -0.05) is 23.7 Å². The Balaban J connectivity index is 1.85. The van der Waals surface area contributed by atoms with E-state index in [-0.39, 0.29) is 5.91 Å². The number of anilines is 1. The van der Waals surface area contributed by atoms with E-state index < -0.39 is 5.63 Å². The molecule has 5 nitrogen and oxygen atoms in total. The number of amides is 1. The summed E-state index contributed by atoms with van der Waals surface area (Å²) in [6.45, 7) is 2.75. The first kappa shape index (κ1) is 18.2. The van der Waals surface area contributed by atoms with Crippen molar-refractivity contribution in [1.82, 2.24) is 4.90 Å². The van der Waals surface area contributed by atoms with Crippen molar-refractivity contribution in [2.75, 3.05) is 12.4 Å². The van der Waals surface area contributed by atoms with Crippen LogP contribution in [-0.2, 0) is 17.9 Å². The Labute approximate surface area is 156 Å². The molecule has 3 rings (SSSR count). The molecule has 2 aromatic carbocycles. The molecule has 0 bridgehead atoms. The molecule has 0 aliphatic rings. The van der Waals surface area contributed by atoms with E-state index in [1.807, 2.05) is 37.4 Å². The first-order valence-electron chi connectivity index (χ1n) is 8.18. The monoisotopic (exact) mass is 370 g/mol. The van der Waals surface area contributed by atoms with Gasteiger partial charge in [-0.05, 0) is 42.4 Å². The van der Waals surface area contributed by atoms with E-state index in [1.165, 1.54) is 13.0 Å². The third kappa shape index (κ3) is 4.50. The van der Waals surface area contributed by atoms with Gasteiger partial charge in [0.15, 0.2) is 0 Å². The first-order valence-corrected chi connectivity index (χ1v) is 8.56. The van der Waals surface area contributed by atoms with Gasteiger partial charge < -0.3 is 9.73 Å². The van der Waals surface area contributed by atoms with E-state index in [0.717, 1.165) is 23.1 Å². The molecular formula is C20H19ClN2O3. The number of hydrogen-bond acceptors (Lipinski definition) is 4. The highest BCUT2D eigenvalue weighted by molar-refractivity contribution is 6.30. The van der Waals surface area contributed by atoms with Gasteiger partial charge in [-0.25, -0.2) is 4.79 Å². The minimum atomic E-state index is -0.410. The minimum Gasteiger partial charge on any atom is -0.423 e. The number of halogens is 1. The topological polar surface area (TPSA) is 62.6 Å². The summed E-state index contributed by atoms with van der Waals surface area (Å²) in [7, 11) is 1.99. The van der Waals surface area contributed by atoms with Gasteiger partial charge >= 0.3 is 5.63 Å².